The number of aromatic nitrogens is 1. The summed E-state index contributed by atoms with van der Waals surface area (Å²) in [7, 11) is 0. The first kappa shape index (κ1) is 14.4. The summed E-state index contributed by atoms with van der Waals surface area (Å²) in [4.78, 5) is 16.2. The number of hydrogen-bond donors (Lipinski definition) is 1. The molecule has 2 atom stereocenters. The maximum absolute atomic E-state index is 12.0. The average molecular weight is 278 g/mol. The van der Waals surface area contributed by atoms with Crippen LogP contribution in [-0.2, 0) is 11.2 Å². The Labute approximate surface area is 119 Å². The lowest BCUT2D eigenvalue weighted by molar-refractivity contribution is -0.121. The Morgan fingerprint density at radius 2 is 2.37 bits per heavy atom. The summed E-state index contributed by atoms with van der Waals surface area (Å²) < 4.78 is 0. The second kappa shape index (κ2) is 7.53. The highest BCUT2D eigenvalue weighted by molar-refractivity contribution is 7.99. The van der Waals surface area contributed by atoms with E-state index in [1.807, 2.05) is 30.0 Å². The third kappa shape index (κ3) is 4.53. The van der Waals surface area contributed by atoms with E-state index in [0.29, 0.717) is 17.7 Å². The fourth-order valence-corrected chi connectivity index (χ4v) is 3.77. The Balaban J connectivity index is 1.75. The molecule has 0 aromatic carbocycles. The molecule has 0 bridgehead atoms. The summed E-state index contributed by atoms with van der Waals surface area (Å²) in [6, 6.07) is 6.21. The Hall–Kier alpha value is -1.03. The molecule has 2 rings (SSSR count). The molecule has 1 aliphatic carbocycles. The van der Waals surface area contributed by atoms with Crippen LogP contribution in [0.2, 0.25) is 0 Å². The Morgan fingerprint density at radius 3 is 3.11 bits per heavy atom. The van der Waals surface area contributed by atoms with Crippen molar-refractivity contribution >= 4 is 17.7 Å². The van der Waals surface area contributed by atoms with Gasteiger partial charge in [0.05, 0.1) is 0 Å². The Morgan fingerprint density at radius 1 is 1.47 bits per heavy atom. The van der Waals surface area contributed by atoms with Crippen molar-refractivity contribution in [2.45, 2.75) is 50.3 Å². The van der Waals surface area contributed by atoms with Crippen molar-refractivity contribution in [3.63, 3.8) is 0 Å². The van der Waals surface area contributed by atoms with Gasteiger partial charge in [0.25, 0.3) is 0 Å². The molecule has 0 unspecified atom stereocenters. The standard InChI is InChI=1S/C15H22N2OS/c1-2-19-14-8-5-7-13(14)17-15(18)10-9-12-6-3-4-11-16-12/h3-4,6,11,13-14H,2,5,7-10H2,1H3,(H,17,18)/t13-,14-/m0/s1. The van der Waals surface area contributed by atoms with E-state index >= 15 is 0 Å². The molecule has 1 heterocycles. The predicted molar refractivity (Wildman–Crippen MR) is 80.3 cm³/mol. The minimum Gasteiger partial charge on any atom is -0.352 e. The van der Waals surface area contributed by atoms with Crippen LogP contribution < -0.4 is 5.32 Å². The first-order chi connectivity index (χ1) is 9.29. The van der Waals surface area contributed by atoms with Crippen molar-refractivity contribution in [2.75, 3.05) is 5.75 Å². The van der Waals surface area contributed by atoms with Gasteiger partial charge < -0.3 is 5.32 Å². The summed E-state index contributed by atoms with van der Waals surface area (Å²) in [5.74, 6) is 1.30. The van der Waals surface area contributed by atoms with Crippen LogP contribution in [0.15, 0.2) is 24.4 Å². The summed E-state index contributed by atoms with van der Waals surface area (Å²) in [6.07, 6.45) is 6.65. The van der Waals surface area contributed by atoms with Gasteiger partial charge in [-0.3, -0.25) is 9.78 Å². The smallest absolute Gasteiger partial charge is 0.220 e. The largest absolute Gasteiger partial charge is 0.352 e. The van der Waals surface area contributed by atoms with E-state index in [2.05, 4.69) is 17.2 Å². The van der Waals surface area contributed by atoms with Crippen molar-refractivity contribution in [3.8, 4) is 0 Å². The van der Waals surface area contributed by atoms with Gasteiger partial charge in [0.15, 0.2) is 0 Å². The molecule has 0 spiro atoms. The van der Waals surface area contributed by atoms with Crippen LogP contribution in [-0.4, -0.2) is 27.9 Å². The van der Waals surface area contributed by atoms with Gasteiger partial charge in [-0.25, -0.2) is 0 Å². The van der Waals surface area contributed by atoms with E-state index in [-0.39, 0.29) is 5.91 Å². The summed E-state index contributed by atoms with van der Waals surface area (Å²) in [5, 5.41) is 3.81. The highest BCUT2D eigenvalue weighted by Gasteiger charge is 2.28. The number of thioether (sulfide) groups is 1. The molecule has 0 saturated heterocycles. The monoisotopic (exact) mass is 278 g/mol. The van der Waals surface area contributed by atoms with Crippen LogP contribution in [0.5, 0.6) is 0 Å². The van der Waals surface area contributed by atoms with Gasteiger partial charge in [-0.15, -0.1) is 0 Å². The van der Waals surface area contributed by atoms with Crippen LogP contribution in [0.4, 0.5) is 0 Å². The normalized spacial score (nSPS) is 22.4. The first-order valence-corrected chi connectivity index (χ1v) is 8.15. The molecule has 4 heteroatoms. The molecule has 1 aromatic heterocycles. The number of rotatable bonds is 6. The number of amides is 1. The Bertz CT molecular complexity index is 396. The van der Waals surface area contributed by atoms with Crippen molar-refractivity contribution in [1.29, 1.82) is 0 Å². The molecule has 1 fully saturated rings. The van der Waals surface area contributed by atoms with Gasteiger partial charge in [0.2, 0.25) is 5.91 Å². The molecule has 0 radical (unpaired) electrons. The summed E-state index contributed by atoms with van der Waals surface area (Å²) >= 11 is 1.98. The minimum atomic E-state index is 0.166. The molecule has 1 saturated carbocycles. The molecule has 1 aromatic rings. The summed E-state index contributed by atoms with van der Waals surface area (Å²) in [6.45, 7) is 2.18. The van der Waals surface area contributed by atoms with Crippen LogP contribution >= 0.6 is 11.8 Å². The Kier molecular flexibility index (Phi) is 5.70. The topological polar surface area (TPSA) is 42.0 Å². The minimum absolute atomic E-state index is 0.166. The highest BCUT2D eigenvalue weighted by atomic mass is 32.2. The molecule has 1 aliphatic rings. The molecule has 1 amide bonds. The number of nitrogens with one attached hydrogen (secondary N) is 1. The third-order valence-electron chi connectivity index (χ3n) is 3.51. The predicted octanol–water partition coefficient (Wildman–Crippen LogP) is 2.80. The number of pyridine rings is 1. The summed E-state index contributed by atoms with van der Waals surface area (Å²) in [5.41, 5.74) is 0.989. The first-order valence-electron chi connectivity index (χ1n) is 7.10. The van der Waals surface area contributed by atoms with E-state index in [4.69, 9.17) is 0 Å². The molecule has 3 nitrogen and oxygen atoms in total. The lowest BCUT2D eigenvalue weighted by Crippen LogP contribution is -2.38. The number of carbonyl (C=O) groups excluding carboxylic acids is 1. The maximum Gasteiger partial charge on any atom is 0.220 e. The van der Waals surface area contributed by atoms with Crippen molar-refractivity contribution in [1.82, 2.24) is 10.3 Å². The van der Waals surface area contributed by atoms with E-state index in [0.717, 1.165) is 24.3 Å². The fraction of sp³-hybridized carbons (Fsp3) is 0.600. The van der Waals surface area contributed by atoms with Gasteiger partial charge in [0.1, 0.15) is 0 Å². The van der Waals surface area contributed by atoms with Crippen LogP contribution in [0.25, 0.3) is 0 Å². The van der Waals surface area contributed by atoms with E-state index in [9.17, 15) is 4.79 Å². The van der Waals surface area contributed by atoms with Crippen LogP contribution in [0.3, 0.4) is 0 Å². The lowest BCUT2D eigenvalue weighted by Gasteiger charge is -2.20. The zero-order valence-electron chi connectivity index (χ0n) is 11.5. The number of nitrogens with zero attached hydrogens (tertiary/aromatic N) is 1. The molecule has 19 heavy (non-hydrogen) atoms. The fourth-order valence-electron chi connectivity index (χ4n) is 2.57. The highest BCUT2D eigenvalue weighted by Crippen LogP contribution is 2.29. The molecule has 104 valence electrons. The molecular weight excluding hydrogens is 256 g/mol. The van der Waals surface area contributed by atoms with Gasteiger partial charge in [-0.05, 0) is 37.1 Å². The quantitative estimate of drug-likeness (QED) is 0.870. The molecule has 0 aliphatic heterocycles. The SMILES string of the molecule is CCS[C@H]1CCC[C@@H]1NC(=O)CCc1ccccn1. The van der Waals surface area contributed by atoms with Crippen molar-refractivity contribution < 1.29 is 4.79 Å². The number of aryl methyl sites for hydroxylation is 1. The van der Waals surface area contributed by atoms with Gasteiger partial charge in [-0.2, -0.15) is 11.8 Å². The third-order valence-corrected chi connectivity index (χ3v) is 4.84. The van der Waals surface area contributed by atoms with Crippen LogP contribution in [0, 0.1) is 0 Å². The average Bonchev–Trinajstić information content (AvgIpc) is 2.85. The molecule has 1 N–H and O–H groups in total. The van der Waals surface area contributed by atoms with Crippen molar-refractivity contribution in [2.24, 2.45) is 0 Å². The van der Waals surface area contributed by atoms with E-state index < -0.39 is 0 Å². The van der Waals surface area contributed by atoms with E-state index in [1.165, 1.54) is 12.8 Å². The number of carbonyl (C=O) groups is 1. The van der Waals surface area contributed by atoms with Crippen molar-refractivity contribution in [3.05, 3.63) is 30.1 Å². The van der Waals surface area contributed by atoms with Crippen LogP contribution in [0.1, 0.15) is 38.3 Å². The van der Waals surface area contributed by atoms with Gasteiger partial charge in [-0.1, -0.05) is 19.4 Å². The molecular formula is C15H22N2OS. The van der Waals surface area contributed by atoms with Gasteiger partial charge in [0, 0.05) is 29.6 Å². The second-order valence-corrected chi connectivity index (χ2v) is 6.44. The zero-order chi connectivity index (χ0) is 13.5. The van der Waals surface area contributed by atoms with E-state index in [1.54, 1.807) is 6.20 Å². The lowest BCUT2D eigenvalue weighted by atomic mass is 10.2. The van der Waals surface area contributed by atoms with Gasteiger partial charge >= 0.3 is 0 Å². The second-order valence-electron chi connectivity index (χ2n) is 4.92. The number of hydrogen-bond acceptors (Lipinski definition) is 3. The maximum atomic E-state index is 12.0. The zero-order valence-corrected chi connectivity index (χ0v) is 12.3.